The molecule has 1 unspecified atom stereocenters. The number of imide groups is 2. The highest BCUT2D eigenvalue weighted by atomic mass is 16.5. The Balaban J connectivity index is 1.49. The molecule has 1 saturated carbocycles. The number of nitrogens with zero attached hydrogens (tertiary/aromatic N) is 1. The molecule has 1 saturated heterocycles. The summed E-state index contributed by atoms with van der Waals surface area (Å²) in [6.07, 6.45) is 2.14. The maximum absolute atomic E-state index is 12.8. The number of ether oxygens (including phenoxy) is 1. The van der Waals surface area contributed by atoms with E-state index in [-0.39, 0.29) is 36.0 Å². The number of hydrogen-bond acceptors (Lipinski definition) is 6. The number of benzene rings is 1. The number of carbonyl (C=O) groups is 4. The van der Waals surface area contributed by atoms with Crippen molar-refractivity contribution in [3.63, 3.8) is 0 Å². The average molecular weight is 371 g/mol. The van der Waals surface area contributed by atoms with E-state index >= 15 is 0 Å². The number of hydrogen-bond donors (Lipinski definition) is 2. The van der Waals surface area contributed by atoms with Crippen LogP contribution in [0.5, 0.6) is 5.75 Å². The minimum atomic E-state index is -0.952. The van der Waals surface area contributed by atoms with Gasteiger partial charge in [-0.05, 0) is 44.0 Å². The highest BCUT2D eigenvalue weighted by Crippen LogP contribution is 2.32. The Morgan fingerprint density at radius 2 is 1.89 bits per heavy atom. The van der Waals surface area contributed by atoms with Crippen LogP contribution in [0.2, 0.25) is 0 Å². The quantitative estimate of drug-likeness (QED) is 0.735. The fourth-order valence-corrected chi connectivity index (χ4v) is 3.83. The molecule has 2 aliphatic heterocycles. The van der Waals surface area contributed by atoms with E-state index in [9.17, 15) is 19.2 Å². The van der Waals surface area contributed by atoms with Crippen LogP contribution in [0, 0.1) is 0 Å². The van der Waals surface area contributed by atoms with Crippen LogP contribution in [0.1, 0.15) is 53.3 Å². The molecule has 1 aliphatic carbocycles. The highest BCUT2D eigenvalue weighted by Gasteiger charge is 2.44. The van der Waals surface area contributed by atoms with Crippen molar-refractivity contribution in [1.29, 1.82) is 0 Å². The van der Waals surface area contributed by atoms with Gasteiger partial charge in [-0.1, -0.05) is 6.92 Å². The zero-order chi connectivity index (χ0) is 19.1. The molecular formula is C19H21N3O5. The first-order chi connectivity index (χ1) is 13.0. The molecule has 4 rings (SSSR count). The van der Waals surface area contributed by atoms with Crippen molar-refractivity contribution < 1.29 is 23.9 Å². The van der Waals surface area contributed by atoms with Gasteiger partial charge in [0.05, 0.1) is 11.1 Å². The molecule has 2 N–H and O–H groups in total. The third-order valence-electron chi connectivity index (χ3n) is 5.30. The molecule has 3 aliphatic rings. The maximum Gasteiger partial charge on any atom is 0.262 e. The SMILES string of the molecule is CCN[C@H]1C[C@H](Oc2ccc3c(c2)C(=O)N(C2CCC(=O)NC2=O)C3=O)C1. The second-order valence-electron chi connectivity index (χ2n) is 7.12. The lowest BCUT2D eigenvalue weighted by Gasteiger charge is -2.35. The first-order valence-electron chi connectivity index (χ1n) is 9.23. The second-order valence-corrected chi connectivity index (χ2v) is 7.12. The van der Waals surface area contributed by atoms with Crippen LogP contribution in [-0.2, 0) is 9.59 Å². The van der Waals surface area contributed by atoms with Gasteiger partial charge in [0, 0.05) is 12.5 Å². The molecule has 8 nitrogen and oxygen atoms in total. The number of rotatable bonds is 5. The van der Waals surface area contributed by atoms with Crippen molar-refractivity contribution in [2.75, 3.05) is 6.54 Å². The summed E-state index contributed by atoms with van der Waals surface area (Å²) in [7, 11) is 0. The molecule has 2 heterocycles. The highest BCUT2D eigenvalue weighted by molar-refractivity contribution is 6.23. The third kappa shape index (κ3) is 3.10. The van der Waals surface area contributed by atoms with E-state index in [1.807, 2.05) is 0 Å². The van der Waals surface area contributed by atoms with Crippen LogP contribution in [0.3, 0.4) is 0 Å². The summed E-state index contributed by atoms with van der Waals surface area (Å²) in [5.41, 5.74) is 0.501. The van der Waals surface area contributed by atoms with E-state index in [0.29, 0.717) is 11.8 Å². The standard InChI is InChI=1S/C19H21N3O5/c1-2-20-10-7-12(8-10)27-11-3-4-13-14(9-11)19(26)22(18(13)25)15-5-6-16(23)21-17(15)24/h3-4,9-10,12,15,20H,2,5-8H2,1H3,(H,21,23,24)/t10-,12-,15?. The Morgan fingerprint density at radius 1 is 1.15 bits per heavy atom. The number of piperidine rings is 1. The Bertz CT molecular complexity index is 831. The number of amides is 4. The van der Waals surface area contributed by atoms with Crippen molar-refractivity contribution >= 4 is 23.6 Å². The molecule has 0 bridgehead atoms. The topological polar surface area (TPSA) is 105 Å². The van der Waals surface area contributed by atoms with Crippen LogP contribution in [0.4, 0.5) is 0 Å². The van der Waals surface area contributed by atoms with Gasteiger partial charge in [0.2, 0.25) is 11.8 Å². The van der Waals surface area contributed by atoms with Gasteiger partial charge in [-0.15, -0.1) is 0 Å². The molecule has 27 heavy (non-hydrogen) atoms. The van der Waals surface area contributed by atoms with E-state index < -0.39 is 23.8 Å². The van der Waals surface area contributed by atoms with Gasteiger partial charge in [-0.25, -0.2) is 0 Å². The van der Waals surface area contributed by atoms with E-state index in [0.717, 1.165) is 24.3 Å². The van der Waals surface area contributed by atoms with Crippen molar-refractivity contribution in [3.8, 4) is 5.75 Å². The molecule has 8 heteroatoms. The van der Waals surface area contributed by atoms with E-state index in [1.54, 1.807) is 18.2 Å². The molecule has 2 fully saturated rings. The number of fused-ring (bicyclic) bond motifs is 1. The van der Waals surface area contributed by atoms with Gasteiger partial charge >= 0.3 is 0 Å². The third-order valence-corrected chi connectivity index (χ3v) is 5.30. The fraction of sp³-hybridized carbons (Fsp3) is 0.474. The van der Waals surface area contributed by atoms with E-state index in [4.69, 9.17) is 4.74 Å². The molecule has 1 atom stereocenters. The molecular weight excluding hydrogens is 350 g/mol. The lowest BCUT2D eigenvalue weighted by molar-refractivity contribution is -0.136. The maximum atomic E-state index is 12.8. The van der Waals surface area contributed by atoms with Crippen molar-refractivity contribution in [1.82, 2.24) is 15.5 Å². The normalized spacial score (nSPS) is 27.3. The molecule has 1 aromatic rings. The zero-order valence-electron chi connectivity index (χ0n) is 15.0. The Kier molecular flexibility index (Phi) is 4.43. The van der Waals surface area contributed by atoms with Gasteiger partial charge < -0.3 is 10.1 Å². The summed E-state index contributed by atoms with van der Waals surface area (Å²) in [4.78, 5) is 49.8. The Labute approximate surface area is 156 Å². The van der Waals surface area contributed by atoms with Crippen molar-refractivity contribution in [3.05, 3.63) is 29.3 Å². The van der Waals surface area contributed by atoms with Crippen LogP contribution >= 0.6 is 0 Å². The predicted octanol–water partition coefficient (Wildman–Crippen LogP) is 0.607. The first-order valence-corrected chi connectivity index (χ1v) is 9.23. The summed E-state index contributed by atoms with van der Waals surface area (Å²) in [5, 5.41) is 5.54. The smallest absolute Gasteiger partial charge is 0.262 e. The lowest BCUT2D eigenvalue weighted by atomic mass is 9.89. The van der Waals surface area contributed by atoms with Crippen LogP contribution in [0.25, 0.3) is 0 Å². The summed E-state index contributed by atoms with van der Waals surface area (Å²) in [6.45, 7) is 2.98. The number of nitrogens with one attached hydrogen (secondary N) is 2. The summed E-state index contributed by atoms with van der Waals surface area (Å²) in [6, 6.07) is 4.32. The van der Waals surface area contributed by atoms with Crippen LogP contribution in [-0.4, -0.2) is 53.3 Å². The van der Waals surface area contributed by atoms with Crippen molar-refractivity contribution in [2.24, 2.45) is 0 Å². The molecule has 0 aromatic heterocycles. The van der Waals surface area contributed by atoms with Gasteiger partial charge in [0.1, 0.15) is 17.9 Å². The predicted molar refractivity (Wildman–Crippen MR) is 94.2 cm³/mol. The van der Waals surface area contributed by atoms with Gasteiger partial charge in [0.15, 0.2) is 0 Å². The summed E-state index contributed by atoms with van der Waals surface area (Å²) >= 11 is 0. The summed E-state index contributed by atoms with van der Waals surface area (Å²) < 4.78 is 5.91. The van der Waals surface area contributed by atoms with Gasteiger partial charge in [-0.2, -0.15) is 0 Å². The molecule has 1 aromatic carbocycles. The fourth-order valence-electron chi connectivity index (χ4n) is 3.83. The Morgan fingerprint density at radius 3 is 2.59 bits per heavy atom. The van der Waals surface area contributed by atoms with Crippen molar-refractivity contribution in [2.45, 2.75) is 50.8 Å². The molecule has 142 valence electrons. The molecule has 0 spiro atoms. The second kappa shape index (κ2) is 6.77. The van der Waals surface area contributed by atoms with E-state index in [1.165, 1.54) is 0 Å². The number of carbonyl (C=O) groups excluding carboxylic acids is 4. The zero-order valence-corrected chi connectivity index (χ0v) is 15.0. The van der Waals surface area contributed by atoms with Crippen LogP contribution in [0.15, 0.2) is 18.2 Å². The Hall–Kier alpha value is -2.74. The minimum absolute atomic E-state index is 0.0885. The summed E-state index contributed by atoms with van der Waals surface area (Å²) in [5.74, 6) is -1.48. The molecule has 0 radical (unpaired) electrons. The monoisotopic (exact) mass is 371 g/mol. The first kappa shape index (κ1) is 17.7. The van der Waals surface area contributed by atoms with Crippen LogP contribution < -0.4 is 15.4 Å². The lowest BCUT2D eigenvalue weighted by Crippen LogP contribution is -2.54. The molecule has 4 amide bonds. The average Bonchev–Trinajstić information content (AvgIpc) is 2.84. The van der Waals surface area contributed by atoms with Gasteiger partial charge in [0.25, 0.3) is 11.8 Å². The largest absolute Gasteiger partial charge is 0.490 e. The van der Waals surface area contributed by atoms with E-state index in [2.05, 4.69) is 17.6 Å². The van der Waals surface area contributed by atoms with Gasteiger partial charge in [-0.3, -0.25) is 29.4 Å². The minimum Gasteiger partial charge on any atom is -0.490 e.